The van der Waals surface area contributed by atoms with Gasteiger partial charge in [0.15, 0.2) is 0 Å². The Morgan fingerprint density at radius 1 is 0.960 bits per heavy atom. The molecule has 2 N–H and O–H groups in total. The van der Waals surface area contributed by atoms with Gasteiger partial charge in [-0.05, 0) is 41.8 Å². The average Bonchev–Trinajstić information content (AvgIpc) is 2.63. The fourth-order valence-electron chi connectivity index (χ4n) is 2.34. The van der Waals surface area contributed by atoms with E-state index in [0.29, 0.717) is 30.8 Å². The zero-order valence-electron chi connectivity index (χ0n) is 14.7. The molecule has 0 bridgehead atoms. The van der Waals surface area contributed by atoms with Gasteiger partial charge in [-0.1, -0.05) is 31.2 Å². The van der Waals surface area contributed by atoms with Crippen LogP contribution in [0.2, 0.25) is 0 Å². The second-order valence-corrected chi connectivity index (χ2v) is 5.72. The summed E-state index contributed by atoms with van der Waals surface area (Å²) in [5.74, 6) is -0.197. The number of rotatable bonds is 8. The van der Waals surface area contributed by atoms with Gasteiger partial charge >= 0.3 is 0 Å². The summed E-state index contributed by atoms with van der Waals surface area (Å²) in [6.45, 7) is 3.07. The lowest BCUT2D eigenvalue weighted by atomic mass is 10.1. The predicted octanol–water partition coefficient (Wildman–Crippen LogP) is 2.81. The molecule has 2 aromatic rings. The first-order valence-corrected chi connectivity index (χ1v) is 8.37. The van der Waals surface area contributed by atoms with Gasteiger partial charge in [-0.15, -0.1) is 0 Å². The molecule has 0 heterocycles. The minimum atomic E-state index is -0.146. The molecule has 2 aromatic carbocycles. The maximum atomic E-state index is 12.2. The van der Waals surface area contributed by atoms with Gasteiger partial charge in [0.2, 0.25) is 5.91 Å². The summed E-state index contributed by atoms with van der Waals surface area (Å²) in [4.78, 5) is 24.0. The van der Waals surface area contributed by atoms with Crippen LogP contribution in [0.1, 0.15) is 28.4 Å². The number of amides is 2. The number of hydrogen-bond donors (Lipinski definition) is 2. The maximum Gasteiger partial charge on any atom is 0.255 e. The first-order valence-electron chi connectivity index (χ1n) is 8.37. The van der Waals surface area contributed by atoms with Gasteiger partial charge in [0.1, 0.15) is 0 Å². The molecule has 5 heteroatoms. The lowest BCUT2D eigenvalue weighted by Gasteiger charge is -2.08. The zero-order chi connectivity index (χ0) is 18.1. The van der Waals surface area contributed by atoms with Gasteiger partial charge in [-0.2, -0.15) is 0 Å². The molecular weight excluding hydrogens is 316 g/mol. The van der Waals surface area contributed by atoms with Crippen LogP contribution in [-0.4, -0.2) is 32.1 Å². The Balaban J connectivity index is 1.88. The highest BCUT2D eigenvalue weighted by molar-refractivity contribution is 6.04. The molecule has 2 amide bonds. The minimum Gasteiger partial charge on any atom is -0.383 e. The van der Waals surface area contributed by atoms with Crippen molar-refractivity contribution in [1.29, 1.82) is 0 Å². The molecule has 0 aromatic heterocycles. The smallest absolute Gasteiger partial charge is 0.255 e. The molecule has 0 fully saturated rings. The van der Waals surface area contributed by atoms with Crippen LogP contribution in [0, 0.1) is 0 Å². The number of carbonyl (C=O) groups excluding carboxylic acids is 2. The van der Waals surface area contributed by atoms with Gasteiger partial charge in [0, 0.05) is 24.9 Å². The molecule has 0 aliphatic heterocycles. The van der Waals surface area contributed by atoms with E-state index in [2.05, 4.69) is 17.6 Å². The molecule has 0 spiro atoms. The predicted molar refractivity (Wildman–Crippen MR) is 98.8 cm³/mol. The number of nitrogens with one attached hydrogen (secondary N) is 2. The largest absolute Gasteiger partial charge is 0.383 e. The van der Waals surface area contributed by atoms with Gasteiger partial charge in [-0.3, -0.25) is 9.59 Å². The van der Waals surface area contributed by atoms with E-state index in [1.165, 1.54) is 5.56 Å². The summed E-state index contributed by atoms with van der Waals surface area (Å²) in [5.41, 5.74) is 3.41. The topological polar surface area (TPSA) is 67.4 Å². The quantitative estimate of drug-likeness (QED) is 0.726. The average molecular weight is 340 g/mol. The van der Waals surface area contributed by atoms with Crippen molar-refractivity contribution in [2.45, 2.75) is 19.8 Å². The minimum absolute atomic E-state index is 0.0511. The molecule has 0 saturated carbocycles. The van der Waals surface area contributed by atoms with E-state index in [-0.39, 0.29) is 11.8 Å². The fourth-order valence-corrected chi connectivity index (χ4v) is 2.34. The SMILES string of the molecule is CCc1ccc(C(=O)Nc2ccc(CC(=O)NCCOC)cc2)cc1. The van der Waals surface area contributed by atoms with Gasteiger partial charge in [-0.25, -0.2) is 0 Å². The van der Waals surface area contributed by atoms with Crippen LogP contribution in [0.3, 0.4) is 0 Å². The van der Waals surface area contributed by atoms with Gasteiger partial charge in [0.25, 0.3) is 5.91 Å². The number of carbonyl (C=O) groups is 2. The Hall–Kier alpha value is -2.66. The van der Waals surface area contributed by atoms with E-state index in [4.69, 9.17) is 4.74 Å². The highest BCUT2D eigenvalue weighted by Gasteiger charge is 2.07. The molecular formula is C20H24N2O3. The first kappa shape index (κ1) is 18.7. The number of anilines is 1. The molecule has 0 unspecified atom stereocenters. The van der Waals surface area contributed by atoms with Gasteiger partial charge < -0.3 is 15.4 Å². The van der Waals surface area contributed by atoms with Crippen molar-refractivity contribution in [3.8, 4) is 0 Å². The molecule has 0 atom stereocenters. The fraction of sp³-hybridized carbons (Fsp3) is 0.300. The highest BCUT2D eigenvalue weighted by Crippen LogP contribution is 2.13. The van der Waals surface area contributed by atoms with E-state index in [0.717, 1.165) is 12.0 Å². The molecule has 5 nitrogen and oxygen atoms in total. The second-order valence-electron chi connectivity index (χ2n) is 5.72. The van der Waals surface area contributed by atoms with Crippen LogP contribution in [-0.2, 0) is 22.4 Å². The molecule has 0 radical (unpaired) electrons. The first-order chi connectivity index (χ1) is 12.1. The summed E-state index contributed by atoms with van der Waals surface area (Å²) < 4.78 is 4.89. The Kier molecular flexibility index (Phi) is 7.16. The summed E-state index contributed by atoms with van der Waals surface area (Å²) in [5, 5.41) is 5.64. The molecule has 0 saturated heterocycles. The number of ether oxygens (including phenoxy) is 1. The van der Waals surface area contributed by atoms with E-state index in [1.807, 2.05) is 36.4 Å². The summed E-state index contributed by atoms with van der Waals surface area (Å²) in [6, 6.07) is 14.9. The number of benzene rings is 2. The zero-order valence-corrected chi connectivity index (χ0v) is 14.7. The van der Waals surface area contributed by atoms with Crippen molar-refractivity contribution in [2.24, 2.45) is 0 Å². The summed E-state index contributed by atoms with van der Waals surface area (Å²) >= 11 is 0. The van der Waals surface area contributed by atoms with Crippen LogP contribution < -0.4 is 10.6 Å². The third-order valence-corrected chi connectivity index (χ3v) is 3.83. The van der Waals surface area contributed by atoms with Crippen LogP contribution in [0.15, 0.2) is 48.5 Å². The van der Waals surface area contributed by atoms with Crippen LogP contribution >= 0.6 is 0 Å². The Bertz CT molecular complexity index is 694. The molecule has 25 heavy (non-hydrogen) atoms. The summed E-state index contributed by atoms with van der Waals surface area (Å²) in [7, 11) is 1.59. The van der Waals surface area contributed by atoms with E-state index in [1.54, 1.807) is 19.2 Å². The third kappa shape index (κ3) is 6.04. The van der Waals surface area contributed by atoms with Crippen LogP contribution in [0.4, 0.5) is 5.69 Å². The Morgan fingerprint density at radius 3 is 2.20 bits per heavy atom. The molecule has 2 rings (SSSR count). The van der Waals surface area contributed by atoms with Crippen molar-refractivity contribution in [3.05, 3.63) is 65.2 Å². The molecule has 0 aliphatic rings. The normalized spacial score (nSPS) is 10.3. The third-order valence-electron chi connectivity index (χ3n) is 3.83. The van der Waals surface area contributed by atoms with Gasteiger partial charge in [0.05, 0.1) is 13.0 Å². The Labute approximate surface area is 148 Å². The van der Waals surface area contributed by atoms with Crippen molar-refractivity contribution >= 4 is 17.5 Å². The lowest BCUT2D eigenvalue weighted by Crippen LogP contribution is -2.28. The van der Waals surface area contributed by atoms with E-state index in [9.17, 15) is 9.59 Å². The monoisotopic (exact) mass is 340 g/mol. The maximum absolute atomic E-state index is 12.2. The lowest BCUT2D eigenvalue weighted by molar-refractivity contribution is -0.120. The standard InChI is InChI=1S/C20H24N2O3/c1-3-15-4-8-17(9-5-15)20(24)22-18-10-6-16(7-11-18)14-19(23)21-12-13-25-2/h4-11H,3,12-14H2,1-2H3,(H,21,23)(H,22,24). The van der Waals surface area contributed by atoms with Crippen molar-refractivity contribution in [2.75, 3.05) is 25.6 Å². The second kappa shape index (κ2) is 9.59. The summed E-state index contributed by atoms with van der Waals surface area (Å²) in [6.07, 6.45) is 1.25. The Morgan fingerprint density at radius 2 is 1.60 bits per heavy atom. The number of hydrogen-bond acceptors (Lipinski definition) is 3. The van der Waals surface area contributed by atoms with Crippen LogP contribution in [0.25, 0.3) is 0 Å². The highest BCUT2D eigenvalue weighted by atomic mass is 16.5. The number of aryl methyl sites for hydroxylation is 1. The van der Waals surface area contributed by atoms with Crippen LogP contribution in [0.5, 0.6) is 0 Å². The van der Waals surface area contributed by atoms with E-state index >= 15 is 0 Å². The van der Waals surface area contributed by atoms with Crippen molar-refractivity contribution < 1.29 is 14.3 Å². The molecule has 132 valence electrons. The van der Waals surface area contributed by atoms with Crippen molar-refractivity contribution in [1.82, 2.24) is 5.32 Å². The van der Waals surface area contributed by atoms with E-state index < -0.39 is 0 Å². The number of methoxy groups -OCH3 is 1. The van der Waals surface area contributed by atoms with Crippen molar-refractivity contribution in [3.63, 3.8) is 0 Å². The molecule has 0 aliphatic carbocycles.